The summed E-state index contributed by atoms with van der Waals surface area (Å²) in [6.07, 6.45) is 0. The van der Waals surface area contributed by atoms with E-state index in [2.05, 4.69) is 0 Å². The molecule has 0 heterocycles. The van der Waals surface area contributed by atoms with Crippen molar-refractivity contribution in [3.63, 3.8) is 0 Å². The van der Waals surface area contributed by atoms with Gasteiger partial charge < -0.3 is 20.8 Å². The number of hydrogen-bond donors (Lipinski definition) is 3. The van der Waals surface area contributed by atoms with Gasteiger partial charge in [-0.15, -0.1) is 0 Å². The standard InChI is InChI=1S/C16H18N2O3/c1-18(10-12-4-2-3-11(7-12)9-17)16(21)13-5-6-14(19)15(20)8-13/h2-8,19-20H,9-10,17H2,1H3. The molecule has 0 bridgehead atoms. The second kappa shape index (κ2) is 6.28. The van der Waals surface area contributed by atoms with E-state index in [4.69, 9.17) is 5.73 Å². The predicted octanol–water partition coefficient (Wildman–Crippen LogP) is 1.83. The Morgan fingerprint density at radius 1 is 1.10 bits per heavy atom. The third-order valence-electron chi connectivity index (χ3n) is 3.22. The molecule has 1 amide bonds. The summed E-state index contributed by atoms with van der Waals surface area (Å²) in [5, 5.41) is 18.7. The molecule has 0 atom stereocenters. The highest BCUT2D eigenvalue weighted by atomic mass is 16.3. The van der Waals surface area contributed by atoms with E-state index in [1.165, 1.54) is 18.2 Å². The summed E-state index contributed by atoms with van der Waals surface area (Å²) in [5.74, 6) is -0.785. The van der Waals surface area contributed by atoms with Crippen molar-refractivity contribution in [3.8, 4) is 11.5 Å². The SMILES string of the molecule is CN(Cc1cccc(CN)c1)C(=O)c1ccc(O)c(O)c1. The van der Waals surface area contributed by atoms with E-state index in [1.54, 1.807) is 11.9 Å². The first kappa shape index (κ1) is 14.9. The molecule has 2 aromatic carbocycles. The zero-order valence-electron chi connectivity index (χ0n) is 11.8. The van der Waals surface area contributed by atoms with Crippen LogP contribution in [0, 0.1) is 0 Å². The fourth-order valence-corrected chi connectivity index (χ4v) is 2.08. The van der Waals surface area contributed by atoms with Gasteiger partial charge in [0.1, 0.15) is 0 Å². The number of carbonyl (C=O) groups excluding carboxylic acids is 1. The van der Waals surface area contributed by atoms with Gasteiger partial charge in [-0.3, -0.25) is 4.79 Å². The number of rotatable bonds is 4. The molecule has 0 saturated heterocycles. The number of nitrogens with zero attached hydrogens (tertiary/aromatic N) is 1. The minimum absolute atomic E-state index is 0.233. The van der Waals surface area contributed by atoms with Gasteiger partial charge in [0, 0.05) is 25.7 Å². The Morgan fingerprint density at radius 2 is 1.81 bits per heavy atom. The van der Waals surface area contributed by atoms with Gasteiger partial charge in [-0.2, -0.15) is 0 Å². The lowest BCUT2D eigenvalue weighted by Gasteiger charge is -2.18. The van der Waals surface area contributed by atoms with Crippen LogP contribution in [0.15, 0.2) is 42.5 Å². The molecular weight excluding hydrogens is 268 g/mol. The van der Waals surface area contributed by atoms with Gasteiger partial charge in [0.2, 0.25) is 0 Å². The second-order valence-corrected chi connectivity index (χ2v) is 4.89. The fourth-order valence-electron chi connectivity index (χ4n) is 2.08. The average Bonchev–Trinajstić information content (AvgIpc) is 2.49. The van der Waals surface area contributed by atoms with E-state index in [-0.39, 0.29) is 17.4 Å². The number of phenolic OH excluding ortho intramolecular Hbond substituents is 2. The van der Waals surface area contributed by atoms with Crippen LogP contribution in [0.3, 0.4) is 0 Å². The van der Waals surface area contributed by atoms with E-state index in [9.17, 15) is 15.0 Å². The number of phenols is 2. The van der Waals surface area contributed by atoms with Crippen molar-refractivity contribution in [1.29, 1.82) is 0 Å². The maximum absolute atomic E-state index is 12.3. The number of nitrogens with two attached hydrogens (primary N) is 1. The Labute approximate surface area is 123 Å². The molecule has 0 aromatic heterocycles. The van der Waals surface area contributed by atoms with Crippen LogP contribution in [-0.4, -0.2) is 28.1 Å². The van der Waals surface area contributed by atoms with Crippen LogP contribution in [0.2, 0.25) is 0 Å². The van der Waals surface area contributed by atoms with Crippen LogP contribution in [0.1, 0.15) is 21.5 Å². The van der Waals surface area contributed by atoms with Gasteiger partial charge >= 0.3 is 0 Å². The number of hydrogen-bond acceptors (Lipinski definition) is 4. The van der Waals surface area contributed by atoms with Crippen LogP contribution < -0.4 is 5.73 Å². The summed E-state index contributed by atoms with van der Waals surface area (Å²) in [5.41, 5.74) is 7.91. The minimum atomic E-state index is -0.306. The van der Waals surface area contributed by atoms with Gasteiger partial charge in [0.15, 0.2) is 11.5 Å². The van der Waals surface area contributed by atoms with Crippen molar-refractivity contribution in [2.75, 3.05) is 7.05 Å². The van der Waals surface area contributed by atoms with Gasteiger partial charge in [-0.25, -0.2) is 0 Å². The third kappa shape index (κ3) is 3.52. The van der Waals surface area contributed by atoms with Crippen LogP contribution in [0.4, 0.5) is 0 Å². The van der Waals surface area contributed by atoms with E-state index >= 15 is 0 Å². The maximum atomic E-state index is 12.3. The Morgan fingerprint density at radius 3 is 2.48 bits per heavy atom. The summed E-state index contributed by atoms with van der Waals surface area (Å²) < 4.78 is 0. The number of aromatic hydroxyl groups is 2. The van der Waals surface area contributed by atoms with Gasteiger partial charge in [0.05, 0.1) is 0 Å². The van der Waals surface area contributed by atoms with Crippen molar-refractivity contribution in [2.24, 2.45) is 5.73 Å². The molecule has 0 aliphatic carbocycles. The van der Waals surface area contributed by atoms with Crippen molar-refractivity contribution in [3.05, 3.63) is 59.2 Å². The molecule has 5 nitrogen and oxygen atoms in total. The molecule has 0 aliphatic rings. The molecule has 21 heavy (non-hydrogen) atoms. The van der Waals surface area contributed by atoms with E-state index in [0.717, 1.165) is 11.1 Å². The Hall–Kier alpha value is -2.53. The summed E-state index contributed by atoms with van der Waals surface area (Å²) in [6, 6.07) is 11.8. The summed E-state index contributed by atoms with van der Waals surface area (Å²) in [4.78, 5) is 13.8. The Kier molecular flexibility index (Phi) is 4.45. The van der Waals surface area contributed by atoms with E-state index in [0.29, 0.717) is 18.7 Å². The lowest BCUT2D eigenvalue weighted by molar-refractivity contribution is 0.0784. The molecular formula is C16H18N2O3. The zero-order chi connectivity index (χ0) is 15.4. The van der Waals surface area contributed by atoms with Crippen molar-refractivity contribution in [2.45, 2.75) is 13.1 Å². The number of amides is 1. The zero-order valence-corrected chi connectivity index (χ0v) is 11.8. The van der Waals surface area contributed by atoms with Crippen molar-refractivity contribution >= 4 is 5.91 Å². The Bertz CT molecular complexity index is 656. The predicted molar refractivity (Wildman–Crippen MR) is 79.9 cm³/mol. The van der Waals surface area contributed by atoms with Crippen LogP contribution in [-0.2, 0) is 13.1 Å². The lowest BCUT2D eigenvalue weighted by atomic mass is 10.1. The smallest absolute Gasteiger partial charge is 0.254 e. The molecule has 0 fully saturated rings. The Balaban J connectivity index is 2.13. The van der Waals surface area contributed by atoms with Gasteiger partial charge in [-0.05, 0) is 29.3 Å². The molecule has 0 spiro atoms. The fraction of sp³-hybridized carbons (Fsp3) is 0.188. The largest absolute Gasteiger partial charge is 0.504 e. The van der Waals surface area contributed by atoms with Crippen molar-refractivity contribution in [1.82, 2.24) is 4.90 Å². The quantitative estimate of drug-likeness (QED) is 0.748. The first-order valence-electron chi connectivity index (χ1n) is 6.56. The van der Waals surface area contributed by atoms with Crippen LogP contribution in [0.25, 0.3) is 0 Å². The van der Waals surface area contributed by atoms with Crippen molar-refractivity contribution < 1.29 is 15.0 Å². The van der Waals surface area contributed by atoms with Gasteiger partial charge in [0.25, 0.3) is 5.91 Å². The average molecular weight is 286 g/mol. The lowest BCUT2D eigenvalue weighted by Crippen LogP contribution is -2.26. The molecule has 0 aliphatic heterocycles. The van der Waals surface area contributed by atoms with Crippen LogP contribution in [0.5, 0.6) is 11.5 Å². The first-order valence-corrected chi connectivity index (χ1v) is 6.56. The normalized spacial score (nSPS) is 10.4. The molecule has 2 rings (SSSR count). The second-order valence-electron chi connectivity index (χ2n) is 4.89. The number of carbonyl (C=O) groups is 1. The molecule has 2 aromatic rings. The van der Waals surface area contributed by atoms with E-state index < -0.39 is 0 Å². The van der Waals surface area contributed by atoms with E-state index in [1.807, 2.05) is 24.3 Å². The maximum Gasteiger partial charge on any atom is 0.254 e. The topological polar surface area (TPSA) is 86.8 Å². The third-order valence-corrected chi connectivity index (χ3v) is 3.22. The monoisotopic (exact) mass is 286 g/mol. The first-order chi connectivity index (χ1) is 10.0. The molecule has 0 radical (unpaired) electrons. The highest BCUT2D eigenvalue weighted by molar-refractivity contribution is 5.94. The summed E-state index contributed by atoms with van der Waals surface area (Å²) in [7, 11) is 1.68. The van der Waals surface area contributed by atoms with Gasteiger partial charge in [-0.1, -0.05) is 24.3 Å². The summed E-state index contributed by atoms with van der Waals surface area (Å²) >= 11 is 0. The van der Waals surface area contributed by atoms with Crippen LogP contribution >= 0.6 is 0 Å². The highest BCUT2D eigenvalue weighted by Gasteiger charge is 2.14. The molecule has 5 heteroatoms. The number of benzene rings is 2. The highest BCUT2D eigenvalue weighted by Crippen LogP contribution is 2.25. The molecule has 0 saturated carbocycles. The molecule has 110 valence electrons. The minimum Gasteiger partial charge on any atom is -0.504 e. The summed E-state index contributed by atoms with van der Waals surface area (Å²) in [6.45, 7) is 0.894. The molecule has 4 N–H and O–H groups in total. The molecule has 0 unspecified atom stereocenters.